The van der Waals surface area contributed by atoms with Gasteiger partial charge in [0, 0.05) is 16.0 Å². The van der Waals surface area contributed by atoms with Crippen LogP contribution in [-0.4, -0.2) is 25.2 Å². The van der Waals surface area contributed by atoms with E-state index >= 15 is 0 Å². The molecular formula is C19H15ClFNO4S. The van der Waals surface area contributed by atoms with Crippen molar-refractivity contribution in [2.45, 2.75) is 6.61 Å². The number of aromatic nitrogens is 1. The number of methoxy groups -OCH3 is 2. The maximum Gasteiger partial charge on any atom is 0.341 e. The number of hydrogen-bond donors (Lipinski definition) is 0. The van der Waals surface area contributed by atoms with Gasteiger partial charge >= 0.3 is 5.97 Å². The first-order valence-electron chi connectivity index (χ1n) is 7.80. The Morgan fingerprint density at radius 2 is 1.93 bits per heavy atom. The van der Waals surface area contributed by atoms with Crippen LogP contribution in [0.2, 0.25) is 5.02 Å². The summed E-state index contributed by atoms with van der Waals surface area (Å²) in [6.45, 7) is -0.0648. The normalized spacial score (nSPS) is 10.5. The second-order valence-electron chi connectivity index (χ2n) is 5.41. The second kappa shape index (κ2) is 8.37. The van der Waals surface area contributed by atoms with Gasteiger partial charge in [0.1, 0.15) is 17.4 Å². The fourth-order valence-electron chi connectivity index (χ4n) is 2.35. The lowest BCUT2D eigenvalue weighted by atomic mass is 10.2. The molecule has 27 heavy (non-hydrogen) atoms. The molecule has 0 saturated carbocycles. The Morgan fingerprint density at radius 1 is 1.15 bits per heavy atom. The number of halogens is 2. The molecule has 0 radical (unpaired) electrons. The first kappa shape index (κ1) is 19.1. The van der Waals surface area contributed by atoms with E-state index < -0.39 is 11.8 Å². The van der Waals surface area contributed by atoms with Crippen LogP contribution in [0.25, 0.3) is 10.6 Å². The topological polar surface area (TPSA) is 57.7 Å². The van der Waals surface area contributed by atoms with E-state index in [-0.39, 0.29) is 17.2 Å². The van der Waals surface area contributed by atoms with Gasteiger partial charge in [-0.05, 0) is 36.4 Å². The first-order valence-corrected chi connectivity index (χ1v) is 9.06. The molecule has 2 aromatic carbocycles. The highest BCUT2D eigenvalue weighted by atomic mass is 35.5. The third kappa shape index (κ3) is 4.37. The maximum atomic E-state index is 13.8. The number of carbonyl (C=O) groups is 1. The summed E-state index contributed by atoms with van der Waals surface area (Å²) in [5.74, 6) is -0.282. The molecule has 3 aromatic rings. The van der Waals surface area contributed by atoms with Crippen LogP contribution in [0.4, 0.5) is 4.39 Å². The van der Waals surface area contributed by atoms with Crippen molar-refractivity contribution in [1.82, 2.24) is 4.98 Å². The Morgan fingerprint density at radius 3 is 2.63 bits per heavy atom. The molecule has 0 aliphatic rings. The summed E-state index contributed by atoms with van der Waals surface area (Å²) < 4.78 is 29.4. The van der Waals surface area contributed by atoms with E-state index in [1.54, 1.807) is 25.7 Å². The summed E-state index contributed by atoms with van der Waals surface area (Å²) in [4.78, 5) is 16.5. The van der Waals surface area contributed by atoms with Crippen molar-refractivity contribution in [3.8, 4) is 22.1 Å². The third-order valence-electron chi connectivity index (χ3n) is 3.68. The van der Waals surface area contributed by atoms with Gasteiger partial charge in [-0.2, -0.15) is 0 Å². The van der Waals surface area contributed by atoms with Crippen molar-refractivity contribution in [2.24, 2.45) is 0 Å². The van der Waals surface area contributed by atoms with Crippen LogP contribution in [0.5, 0.6) is 11.5 Å². The Bertz CT molecular complexity index is 976. The number of thiazole rings is 1. The quantitative estimate of drug-likeness (QED) is 0.539. The molecule has 0 unspecified atom stereocenters. The van der Waals surface area contributed by atoms with Crippen molar-refractivity contribution in [1.29, 1.82) is 0 Å². The first-order chi connectivity index (χ1) is 13.0. The standard InChI is InChI=1S/C19H15ClFNO4S/c1-24-16-6-3-11(7-17(16)25-2)18-22-13(10-27-18)9-26-19(23)14-5-4-12(20)8-15(14)21/h3-8,10H,9H2,1-2H3. The van der Waals surface area contributed by atoms with Gasteiger partial charge in [0.25, 0.3) is 0 Å². The van der Waals surface area contributed by atoms with Crippen molar-refractivity contribution in [3.05, 3.63) is 63.9 Å². The van der Waals surface area contributed by atoms with Crippen molar-refractivity contribution in [3.63, 3.8) is 0 Å². The van der Waals surface area contributed by atoms with Gasteiger partial charge in [0.15, 0.2) is 11.5 Å². The average Bonchev–Trinajstić information content (AvgIpc) is 3.14. The Balaban J connectivity index is 1.70. The van der Waals surface area contributed by atoms with Crippen LogP contribution in [-0.2, 0) is 11.3 Å². The number of benzene rings is 2. The molecule has 8 heteroatoms. The van der Waals surface area contributed by atoms with Gasteiger partial charge in [0.2, 0.25) is 0 Å². The highest BCUT2D eigenvalue weighted by Crippen LogP contribution is 2.33. The third-order valence-corrected chi connectivity index (χ3v) is 4.86. The van der Waals surface area contributed by atoms with E-state index in [4.69, 9.17) is 25.8 Å². The Labute approximate surface area is 164 Å². The van der Waals surface area contributed by atoms with Crippen LogP contribution < -0.4 is 9.47 Å². The van der Waals surface area contributed by atoms with E-state index in [1.165, 1.54) is 23.5 Å². The fraction of sp³-hybridized carbons (Fsp3) is 0.158. The minimum Gasteiger partial charge on any atom is -0.493 e. The second-order valence-corrected chi connectivity index (χ2v) is 6.71. The molecule has 1 heterocycles. The van der Waals surface area contributed by atoms with Crippen molar-refractivity contribution >= 4 is 28.9 Å². The van der Waals surface area contributed by atoms with E-state index in [9.17, 15) is 9.18 Å². The molecule has 0 fully saturated rings. The Kier molecular flexibility index (Phi) is 5.93. The molecule has 0 atom stereocenters. The molecule has 3 rings (SSSR count). The van der Waals surface area contributed by atoms with Crippen LogP contribution in [0.1, 0.15) is 16.1 Å². The molecule has 0 N–H and O–H groups in total. The molecular weight excluding hydrogens is 393 g/mol. The van der Waals surface area contributed by atoms with Crippen LogP contribution in [0.15, 0.2) is 41.8 Å². The fourth-order valence-corrected chi connectivity index (χ4v) is 3.31. The van der Waals surface area contributed by atoms with E-state index in [0.29, 0.717) is 17.2 Å². The van der Waals surface area contributed by atoms with E-state index in [1.807, 2.05) is 12.1 Å². The van der Waals surface area contributed by atoms with Crippen molar-refractivity contribution < 1.29 is 23.4 Å². The molecule has 0 aliphatic heterocycles. The zero-order chi connectivity index (χ0) is 19.4. The zero-order valence-electron chi connectivity index (χ0n) is 14.5. The number of esters is 1. The molecule has 1 aromatic heterocycles. The molecule has 0 aliphatic carbocycles. The molecule has 140 valence electrons. The predicted molar refractivity (Wildman–Crippen MR) is 101 cm³/mol. The monoisotopic (exact) mass is 407 g/mol. The largest absolute Gasteiger partial charge is 0.493 e. The minimum absolute atomic E-state index is 0.0648. The summed E-state index contributed by atoms with van der Waals surface area (Å²) in [7, 11) is 3.13. The van der Waals surface area contributed by atoms with Gasteiger partial charge < -0.3 is 14.2 Å². The number of hydrogen-bond acceptors (Lipinski definition) is 6. The lowest BCUT2D eigenvalue weighted by molar-refractivity contribution is 0.0463. The summed E-state index contributed by atoms with van der Waals surface area (Å²) in [6.07, 6.45) is 0. The van der Waals surface area contributed by atoms with Crippen LogP contribution >= 0.6 is 22.9 Å². The number of ether oxygens (including phenoxy) is 3. The SMILES string of the molecule is COc1ccc(-c2nc(COC(=O)c3ccc(Cl)cc3F)cs2)cc1OC. The van der Waals surface area contributed by atoms with E-state index in [2.05, 4.69) is 4.98 Å². The summed E-state index contributed by atoms with van der Waals surface area (Å²) in [5.41, 5.74) is 1.24. The maximum absolute atomic E-state index is 13.8. The molecule has 5 nitrogen and oxygen atoms in total. The van der Waals surface area contributed by atoms with Gasteiger partial charge in [-0.3, -0.25) is 0 Å². The number of carbonyl (C=O) groups excluding carboxylic acids is 1. The zero-order valence-corrected chi connectivity index (χ0v) is 16.1. The van der Waals surface area contributed by atoms with Gasteiger partial charge in [-0.25, -0.2) is 14.2 Å². The predicted octanol–water partition coefficient (Wildman–Crippen LogP) is 4.98. The highest BCUT2D eigenvalue weighted by molar-refractivity contribution is 7.13. The van der Waals surface area contributed by atoms with Gasteiger partial charge in [-0.15, -0.1) is 11.3 Å². The van der Waals surface area contributed by atoms with E-state index in [0.717, 1.165) is 16.6 Å². The molecule has 0 bridgehead atoms. The molecule has 0 saturated heterocycles. The van der Waals surface area contributed by atoms with Crippen LogP contribution in [0.3, 0.4) is 0 Å². The van der Waals surface area contributed by atoms with Crippen molar-refractivity contribution in [2.75, 3.05) is 14.2 Å². The minimum atomic E-state index is -0.773. The van der Waals surface area contributed by atoms with Crippen LogP contribution in [0, 0.1) is 5.82 Å². The smallest absolute Gasteiger partial charge is 0.341 e. The Hall–Kier alpha value is -2.64. The number of nitrogens with zero attached hydrogens (tertiary/aromatic N) is 1. The summed E-state index contributed by atoms with van der Waals surface area (Å²) >= 11 is 7.08. The molecule has 0 amide bonds. The lowest BCUT2D eigenvalue weighted by Crippen LogP contribution is -2.07. The van der Waals surface area contributed by atoms with Gasteiger partial charge in [0.05, 0.1) is 25.5 Å². The summed E-state index contributed by atoms with van der Waals surface area (Å²) in [5, 5.41) is 2.72. The highest BCUT2D eigenvalue weighted by Gasteiger charge is 2.15. The van der Waals surface area contributed by atoms with Gasteiger partial charge in [-0.1, -0.05) is 11.6 Å². The lowest BCUT2D eigenvalue weighted by Gasteiger charge is -2.08. The molecule has 0 spiro atoms. The average molecular weight is 408 g/mol. The number of rotatable bonds is 6. The summed E-state index contributed by atoms with van der Waals surface area (Å²) in [6, 6.07) is 9.25.